The Bertz CT molecular complexity index is 1060. The number of benzene rings is 3. The van der Waals surface area contributed by atoms with Crippen molar-refractivity contribution in [2.45, 2.75) is 6.92 Å². The van der Waals surface area contributed by atoms with E-state index < -0.39 is 0 Å². The van der Waals surface area contributed by atoms with E-state index in [0.717, 1.165) is 27.7 Å². The van der Waals surface area contributed by atoms with Gasteiger partial charge in [-0.1, -0.05) is 66.2 Å². The summed E-state index contributed by atoms with van der Waals surface area (Å²) in [5.41, 5.74) is 4.00. The lowest BCUT2D eigenvalue weighted by atomic mass is 10.1. The summed E-state index contributed by atoms with van der Waals surface area (Å²) < 4.78 is 1.80. The molecule has 1 aromatic heterocycles. The first-order chi connectivity index (χ1) is 11.7. The van der Waals surface area contributed by atoms with Crippen LogP contribution >= 0.6 is 0 Å². The first-order valence-corrected chi connectivity index (χ1v) is 8.01. The van der Waals surface area contributed by atoms with Gasteiger partial charge in [-0.3, -0.25) is 9.36 Å². The molecule has 0 aliphatic rings. The molecule has 0 atom stereocenters. The maximum atomic E-state index is 13.2. The lowest BCUT2D eigenvalue weighted by molar-refractivity contribution is 1.02. The third-order valence-corrected chi connectivity index (χ3v) is 4.29. The molecule has 0 spiro atoms. The summed E-state index contributed by atoms with van der Waals surface area (Å²) in [6.45, 7) is 2.05. The van der Waals surface area contributed by atoms with Gasteiger partial charge in [-0.05, 0) is 42.1 Å². The Balaban J connectivity index is 2.11. The molecule has 0 bridgehead atoms. The second-order valence-electron chi connectivity index (χ2n) is 5.96. The average molecular weight is 311 g/mol. The van der Waals surface area contributed by atoms with E-state index in [9.17, 15) is 4.79 Å². The molecule has 1 heterocycles. The monoisotopic (exact) mass is 311 g/mol. The van der Waals surface area contributed by atoms with Crippen LogP contribution < -0.4 is 5.56 Å². The first kappa shape index (κ1) is 14.5. The van der Waals surface area contributed by atoms with E-state index in [2.05, 4.69) is 6.07 Å². The standard InChI is InChI=1S/C22H17NO/c1-16-11-13-19(14-12-16)23-21(17-7-3-2-4-8-17)15-18-9-5-6-10-20(18)22(23)24/h2-15H,1H3. The predicted octanol–water partition coefficient (Wildman–Crippen LogP) is 4.97. The van der Waals surface area contributed by atoms with Crippen LogP contribution in [0.5, 0.6) is 0 Å². The van der Waals surface area contributed by atoms with Crippen LogP contribution in [0.1, 0.15) is 5.56 Å². The Morgan fingerprint density at radius 1 is 0.750 bits per heavy atom. The van der Waals surface area contributed by atoms with Crippen molar-refractivity contribution >= 4 is 10.8 Å². The Hall–Kier alpha value is -3.13. The SMILES string of the molecule is Cc1ccc(-n2c(-c3ccccc3)cc3ccccc3c2=O)cc1. The number of fused-ring (bicyclic) bond motifs is 1. The second-order valence-corrected chi connectivity index (χ2v) is 5.96. The average Bonchev–Trinajstić information content (AvgIpc) is 2.63. The van der Waals surface area contributed by atoms with Crippen LogP contribution in [-0.2, 0) is 0 Å². The largest absolute Gasteiger partial charge is 0.276 e. The maximum absolute atomic E-state index is 13.2. The Kier molecular flexibility index (Phi) is 3.51. The van der Waals surface area contributed by atoms with Gasteiger partial charge >= 0.3 is 0 Å². The number of aromatic nitrogens is 1. The molecule has 2 heteroatoms. The first-order valence-electron chi connectivity index (χ1n) is 8.01. The fourth-order valence-electron chi connectivity index (χ4n) is 3.03. The quantitative estimate of drug-likeness (QED) is 0.512. The van der Waals surface area contributed by atoms with Crippen LogP contribution in [0.15, 0.2) is 89.7 Å². The van der Waals surface area contributed by atoms with Crippen LogP contribution in [-0.4, -0.2) is 4.57 Å². The number of nitrogens with zero attached hydrogens (tertiary/aromatic N) is 1. The van der Waals surface area contributed by atoms with E-state index in [4.69, 9.17) is 0 Å². The lowest BCUT2D eigenvalue weighted by Crippen LogP contribution is -2.20. The zero-order chi connectivity index (χ0) is 16.5. The molecular weight excluding hydrogens is 294 g/mol. The molecule has 4 rings (SSSR count). The molecule has 4 aromatic rings. The van der Waals surface area contributed by atoms with E-state index in [1.54, 1.807) is 4.57 Å². The highest BCUT2D eigenvalue weighted by Crippen LogP contribution is 2.25. The van der Waals surface area contributed by atoms with E-state index in [1.165, 1.54) is 5.56 Å². The zero-order valence-electron chi connectivity index (χ0n) is 13.4. The second kappa shape index (κ2) is 5.82. The number of rotatable bonds is 2. The molecule has 0 unspecified atom stereocenters. The number of aryl methyl sites for hydroxylation is 1. The topological polar surface area (TPSA) is 22.0 Å². The van der Waals surface area contributed by atoms with Gasteiger partial charge in [0.05, 0.1) is 5.69 Å². The Labute approximate surface area is 140 Å². The van der Waals surface area contributed by atoms with Crippen LogP contribution in [0, 0.1) is 6.92 Å². The summed E-state index contributed by atoms with van der Waals surface area (Å²) in [4.78, 5) is 13.2. The van der Waals surface area contributed by atoms with Gasteiger partial charge in [0.1, 0.15) is 0 Å². The molecule has 0 aliphatic heterocycles. The van der Waals surface area contributed by atoms with Crippen LogP contribution in [0.25, 0.3) is 27.7 Å². The highest BCUT2D eigenvalue weighted by molar-refractivity contribution is 5.86. The summed E-state index contributed by atoms with van der Waals surface area (Å²) in [5.74, 6) is 0. The van der Waals surface area contributed by atoms with Crippen molar-refractivity contribution in [1.82, 2.24) is 4.57 Å². The minimum Gasteiger partial charge on any atom is -0.276 e. The van der Waals surface area contributed by atoms with Crippen molar-refractivity contribution in [3.05, 3.63) is 101 Å². The molecule has 3 aromatic carbocycles. The molecule has 24 heavy (non-hydrogen) atoms. The summed E-state index contributed by atoms with van der Waals surface area (Å²) in [7, 11) is 0. The molecule has 0 saturated carbocycles. The van der Waals surface area contributed by atoms with Gasteiger partial charge in [-0.25, -0.2) is 0 Å². The fraction of sp³-hybridized carbons (Fsp3) is 0.0455. The molecule has 0 radical (unpaired) electrons. The van der Waals surface area contributed by atoms with Crippen LogP contribution in [0.2, 0.25) is 0 Å². The summed E-state index contributed by atoms with van der Waals surface area (Å²) in [5, 5.41) is 1.70. The Morgan fingerprint density at radius 2 is 1.42 bits per heavy atom. The van der Waals surface area contributed by atoms with Crippen LogP contribution in [0.3, 0.4) is 0 Å². The van der Waals surface area contributed by atoms with Crippen molar-refractivity contribution in [2.24, 2.45) is 0 Å². The number of hydrogen-bond acceptors (Lipinski definition) is 1. The van der Waals surface area contributed by atoms with Crippen molar-refractivity contribution in [3.8, 4) is 16.9 Å². The van der Waals surface area contributed by atoms with Crippen molar-refractivity contribution in [2.75, 3.05) is 0 Å². The fourth-order valence-corrected chi connectivity index (χ4v) is 3.03. The minimum absolute atomic E-state index is 0.0100. The highest BCUT2D eigenvalue weighted by Gasteiger charge is 2.12. The molecule has 0 amide bonds. The van der Waals surface area contributed by atoms with Gasteiger partial charge in [0.25, 0.3) is 5.56 Å². The van der Waals surface area contributed by atoms with Crippen molar-refractivity contribution in [1.29, 1.82) is 0 Å². The van der Waals surface area contributed by atoms with Crippen LogP contribution in [0.4, 0.5) is 0 Å². The Morgan fingerprint density at radius 3 is 2.17 bits per heavy atom. The number of hydrogen-bond donors (Lipinski definition) is 0. The van der Waals surface area contributed by atoms with Gasteiger partial charge in [-0.2, -0.15) is 0 Å². The van der Waals surface area contributed by atoms with E-state index in [1.807, 2.05) is 85.8 Å². The van der Waals surface area contributed by atoms with E-state index in [-0.39, 0.29) is 5.56 Å². The van der Waals surface area contributed by atoms with Gasteiger partial charge in [0, 0.05) is 11.1 Å². The maximum Gasteiger partial charge on any atom is 0.263 e. The molecule has 0 aliphatic carbocycles. The van der Waals surface area contributed by atoms with Crippen molar-refractivity contribution in [3.63, 3.8) is 0 Å². The summed E-state index contributed by atoms with van der Waals surface area (Å²) in [6.07, 6.45) is 0. The van der Waals surface area contributed by atoms with E-state index >= 15 is 0 Å². The molecule has 0 N–H and O–H groups in total. The molecule has 116 valence electrons. The summed E-state index contributed by atoms with van der Waals surface area (Å²) in [6, 6.07) is 27.9. The van der Waals surface area contributed by atoms with E-state index in [0.29, 0.717) is 0 Å². The molecule has 2 nitrogen and oxygen atoms in total. The number of pyridine rings is 1. The predicted molar refractivity (Wildman–Crippen MR) is 99.7 cm³/mol. The van der Waals surface area contributed by atoms with Crippen molar-refractivity contribution < 1.29 is 0 Å². The molecule has 0 fully saturated rings. The third kappa shape index (κ3) is 2.42. The molecule has 0 saturated heterocycles. The smallest absolute Gasteiger partial charge is 0.263 e. The van der Waals surface area contributed by atoms with Gasteiger partial charge in [0.15, 0.2) is 0 Å². The van der Waals surface area contributed by atoms with Gasteiger partial charge < -0.3 is 0 Å². The summed E-state index contributed by atoms with van der Waals surface area (Å²) >= 11 is 0. The highest BCUT2D eigenvalue weighted by atomic mass is 16.1. The zero-order valence-corrected chi connectivity index (χ0v) is 13.4. The third-order valence-electron chi connectivity index (χ3n) is 4.29. The minimum atomic E-state index is 0.0100. The molecular formula is C22H17NO. The van der Waals surface area contributed by atoms with Gasteiger partial charge in [-0.15, -0.1) is 0 Å². The lowest BCUT2D eigenvalue weighted by Gasteiger charge is -2.15. The normalized spacial score (nSPS) is 10.9. The van der Waals surface area contributed by atoms with Gasteiger partial charge in [0.2, 0.25) is 0 Å².